The van der Waals surface area contributed by atoms with E-state index in [1.54, 1.807) is 4.90 Å². The van der Waals surface area contributed by atoms with Crippen LogP contribution in [0.5, 0.6) is 0 Å². The van der Waals surface area contributed by atoms with E-state index in [-0.39, 0.29) is 16.7 Å². The highest BCUT2D eigenvalue weighted by Crippen LogP contribution is 2.33. The Morgan fingerprint density at radius 3 is 2.83 bits per heavy atom. The summed E-state index contributed by atoms with van der Waals surface area (Å²) in [4.78, 5) is 18.2. The zero-order valence-corrected chi connectivity index (χ0v) is 15.4. The van der Waals surface area contributed by atoms with Crippen molar-refractivity contribution < 1.29 is 9.53 Å². The number of nitrogens with zero attached hydrogens (tertiary/aromatic N) is 2. The Bertz CT molecular complexity index is 424. The molecule has 0 aromatic carbocycles. The van der Waals surface area contributed by atoms with Crippen LogP contribution < -0.4 is 10.6 Å². The summed E-state index contributed by atoms with van der Waals surface area (Å²) in [6, 6.07) is 0.274. The first kappa shape index (κ1) is 18.4. The molecule has 0 saturated carbocycles. The van der Waals surface area contributed by atoms with Gasteiger partial charge in [0.1, 0.15) is 0 Å². The van der Waals surface area contributed by atoms with Gasteiger partial charge in [0.2, 0.25) is 5.91 Å². The Morgan fingerprint density at radius 1 is 1.48 bits per heavy atom. The maximum absolute atomic E-state index is 11.6. The molecule has 7 heteroatoms. The molecule has 0 spiro atoms. The lowest BCUT2D eigenvalue weighted by molar-refractivity contribution is -0.132. The van der Waals surface area contributed by atoms with Crippen molar-refractivity contribution in [3.8, 4) is 0 Å². The van der Waals surface area contributed by atoms with Crippen molar-refractivity contribution in [2.45, 2.75) is 43.4 Å². The average Bonchev–Trinajstić information content (AvgIpc) is 2.57. The van der Waals surface area contributed by atoms with Crippen molar-refractivity contribution >= 4 is 23.6 Å². The minimum Gasteiger partial charge on any atom is -0.381 e. The number of thioether (sulfide) groups is 1. The third-order valence-corrected chi connectivity index (χ3v) is 6.08. The molecule has 2 aliphatic rings. The van der Waals surface area contributed by atoms with E-state index in [9.17, 15) is 4.79 Å². The monoisotopic (exact) mass is 342 g/mol. The first-order chi connectivity index (χ1) is 11.1. The molecule has 1 amide bonds. The minimum atomic E-state index is 0.194. The van der Waals surface area contributed by atoms with Crippen molar-refractivity contribution in [1.82, 2.24) is 15.5 Å². The van der Waals surface area contributed by atoms with Crippen LogP contribution >= 0.6 is 11.8 Å². The maximum Gasteiger partial charge on any atom is 0.222 e. The highest BCUT2D eigenvalue weighted by molar-refractivity contribution is 8.00. The number of hydrogen-bond donors (Lipinski definition) is 2. The molecular weight excluding hydrogens is 312 g/mol. The number of ether oxygens (including phenoxy) is 1. The number of carbonyl (C=O) groups excluding carboxylic acids is 1. The molecule has 0 aromatic heterocycles. The lowest BCUT2D eigenvalue weighted by Crippen LogP contribution is -2.52. The fourth-order valence-electron chi connectivity index (χ4n) is 3.04. The maximum atomic E-state index is 11.6. The van der Waals surface area contributed by atoms with E-state index in [1.807, 2.05) is 18.8 Å². The summed E-state index contributed by atoms with van der Waals surface area (Å²) in [5, 5.41) is 6.83. The fourth-order valence-corrected chi connectivity index (χ4v) is 3.81. The Kier molecular flexibility index (Phi) is 7.02. The molecule has 2 N–H and O–H groups in total. The van der Waals surface area contributed by atoms with E-state index in [1.165, 1.54) is 0 Å². The van der Waals surface area contributed by atoms with Crippen molar-refractivity contribution in [3.63, 3.8) is 0 Å². The van der Waals surface area contributed by atoms with Gasteiger partial charge in [0.15, 0.2) is 5.96 Å². The second kappa shape index (κ2) is 8.78. The molecule has 2 saturated heterocycles. The third kappa shape index (κ3) is 5.28. The summed E-state index contributed by atoms with van der Waals surface area (Å²) in [5.74, 6) is 1.09. The van der Waals surface area contributed by atoms with Gasteiger partial charge < -0.3 is 20.3 Å². The SMILES string of the molecule is CCNC(=NCC1(SC)CCOCC1)NC1CCC(=O)N(C)C1. The van der Waals surface area contributed by atoms with Gasteiger partial charge in [-0.3, -0.25) is 9.79 Å². The summed E-state index contributed by atoms with van der Waals surface area (Å²) < 4.78 is 5.69. The number of nitrogens with one attached hydrogen (secondary N) is 2. The number of carbonyl (C=O) groups is 1. The molecule has 1 unspecified atom stereocenters. The summed E-state index contributed by atoms with van der Waals surface area (Å²) in [7, 11) is 1.87. The highest BCUT2D eigenvalue weighted by atomic mass is 32.2. The summed E-state index contributed by atoms with van der Waals surface area (Å²) in [5.41, 5.74) is 0. The van der Waals surface area contributed by atoms with Gasteiger partial charge >= 0.3 is 0 Å². The molecule has 2 aliphatic heterocycles. The van der Waals surface area contributed by atoms with Crippen molar-refractivity contribution in [2.75, 3.05) is 46.2 Å². The number of likely N-dealkylation sites (tertiary alicyclic amines) is 1. The molecule has 23 heavy (non-hydrogen) atoms. The number of likely N-dealkylation sites (N-methyl/N-ethyl adjacent to an activating group) is 1. The van der Waals surface area contributed by atoms with Gasteiger partial charge in [-0.2, -0.15) is 11.8 Å². The van der Waals surface area contributed by atoms with Gasteiger partial charge in [-0.1, -0.05) is 0 Å². The third-order valence-electron chi connectivity index (χ3n) is 4.67. The first-order valence-electron chi connectivity index (χ1n) is 8.50. The van der Waals surface area contributed by atoms with Gasteiger partial charge in [-0.15, -0.1) is 0 Å². The van der Waals surface area contributed by atoms with Crippen LogP contribution in [0.4, 0.5) is 0 Å². The minimum absolute atomic E-state index is 0.194. The zero-order valence-electron chi connectivity index (χ0n) is 14.6. The molecule has 0 bridgehead atoms. The first-order valence-corrected chi connectivity index (χ1v) is 9.73. The van der Waals surface area contributed by atoms with Crippen LogP contribution in [-0.4, -0.2) is 73.7 Å². The lowest BCUT2D eigenvalue weighted by atomic mass is 9.99. The zero-order chi connectivity index (χ0) is 16.7. The van der Waals surface area contributed by atoms with Crippen LogP contribution in [0.15, 0.2) is 4.99 Å². The lowest BCUT2D eigenvalue weighted by Gasteiger charge is -2.35. The number of hydrogen-bond acceptors (Lipinski definition) is 4. The van der Waals surface area contributed by atoms with Gasteiger partial charge in [-0.05, 0) is 32.4 Å². The molecule has 2 rings (SSSR count). The molecule has 2 heterocycles. The predicted octanol–water partition coefficient (Wildman–Crippen LogP) is 1.07. The van der Waals surface area contributed by atoms with E-state index >= 15 is 0 Å². The number of aliphatic imine (C=N–C) groups is 1. The number of amides is 1. The molecule has 132 valence electrons. The molecule has 0 radical (unpaired) electrons. The normalized spacial score (nSPS) is 25.3. The van der Waals surface area contributed by atoms with Crippen LogP contribution in [0.3, 0.4) is 0 Å². The van der Waals surface area contributed by atoms with E-state index in [0.717, 1.165) is 58.1 Å². The Labute approximate surface area is 143 Å². The van der Waals surface area contributed by atoms with Crippen LogP contribution in [-0.2, 0) is 9.53 Å². The van der Waals surface area contributed by atoms with Gasteiger partial charge in [0.05, 0.1) is 6.54 Å². The quantitative estimate of drug-likeness (QED) is 0.578. The van der Waals surface area contributed by atoms with Crippen LogP contribution in [0.25, 0.3) is 0 Å². The summed E-state index contributed by atoms with van der Waals surface area (Å²) in [6.07, 6.45) is 5.76. The van der Waals surface area contributed by atoms with E-state index in [0.29, 0.717) is 6.42 Å². The molecule has 0 aliphatic carbocycles. The largest absolute Gasteiger partial charge is 0.381 e. The topological polar surface area (TPSA) is 66.0 Å². The van der Waals surface area contributed by atoms with Crippen LogP contribution in [0.2, 0.25) is 0 Å². The summed E-state index contributed by atoms with van der Waals surface area (Å²) >= 11 is 1.90. The van der Waals surface area contributed by atoms with E-state index in [2.05, 4.69) is 23.8 Å². The van der Waals surface area contributed by atoms with Gasteiger partial charge in [-0.25, -0.2) is 0 Å². The molecule has 1 atom stereocenters. The predicted molar refractivity (Wildman–Crippen MR) is 96.1 cm³/mol. The Hall–Kier alpha value is -0.950. The molecule has 6 nitrogen and oxygen atoms in total. The van der Waals surface area contributed by atoms with Gasteiger partial charge in [0, 0.05) is 50.6 Å². The molecule has 2 fully saturated rings. The van der Waals surface area contributed by atoms with Crippen molar-refractivity contribution in [3.05, 3.63) is 0 Å². The standard InChI is InChI=1S/C16H30N4O2S/c1-4-17-15(19-13-5-6-14(21)20(2)11-13)18-12-16(23-3)7-9-22-10-8-16/h13H,4-12H2,1-3H3,(H2,17,18,19). The van der Waals surface area contributed by atoms with E-state index in [4.69, 9.17) is 9.73 Å². The molecule has 0 aromatic rings. The highest BCUT2D eigenvalue weighted by Gasteiger charge is 2.32. The molecular formula is C16H30N4O2S. The van der Waals surface area contributed by atoms with Crippen molar-refractivity contribution in [2.24, 2.45) is 4.99 Å². The second-order valence-electron chi connectivity index (χ2n) is 6.35. The van der Waals surface area contributed by atoms with Gasteiger partial charge in [0.25, 0.3) is 0 Å². The van der Waals surface area contributed by atoms with E-state index < -0.39 is 0 Å². The van der Waals surface area contributed by atoms with Crippen molar-refractivity contribution in [1.29, 1.82) is 0 Å². The Morgan fingerprint density at radius 2 is 2.22 bits per heavy atom. The average molecular weight is 343 g/mol. The smallest absolute Gasteiger partial charge is 0.222 e. The summed E-state index contributed by atoms with van der Waals surface area (Å²) in [6.45, 7) is 6.11. The van der Waals surface area contributed by atoms with Crippen LogP contribution in [0.1, 0.15) is 32.6 Å². The van der Waals surface area contributed by atoms with Crippen LogP contribution in [0, 0.1) is 0 Å². The Balaban J connectivity index is 1.95. The second-order valence-corrected chi connectivity index (χ2v) is 7.62. The number of guanidine groups is 1. The number of piperidine rings is 1. The number of rotatable bonds is 5. The fraction of sp³-hybridized carbons (Fsp3) is 0.875.